The van der Waals surface area contributed by atoms with Gasteiger partial charge in [-0.2, -0.15) is 0 Å². The number of hydrogen-bond acceptors (Lipinski definition) is 2. The third-order valence-electron chi connectivity index (χ3n) is 3.97. The van der Waals surface area contributed by atoms with Gasteiger partial charge in [-0.1, -0.05) is 106 Å². The molecule has 0 amide bonds. The highest BCUT2D eigenvalue weighted by Crippen LogP contribution is 2.29. The summed E-state index contributed by atoms with van der Waals surface area (Å²) in [6, 6.07) is 0. The summed E-state index contributed by atoms with van der Waals surface area (Å²) < 4.78 is 0. The van der Waals surface area contributed by atoms with Crippen LogP contribution in [-0.4, -0.2) is 37.6 Å². The van der Waals surface area contributed by atoms with Gasteiger partial charge in [0.2, 0.25) is 0 Å². The maximum atomic E-state index is 4.94. The SMILES string of the molecule is CC(C)(C)CN=C1C=C([N-]CC(C)(C)C)C(=NCC(C)(C)C)C=C1[N-]CC(C)(C)C. The quantitative estimate of drug-likeness (QED) is 0.402. The molecular formula is C26H46N4-2. The Bertz CT molecular complexity index is 631. The van der Waals surface area contributed by atoms with Crippen LogP contribution in [0.5, 0.6) is 0 Å². The van der Waals surface area contributed by atoms with Gasteiger partial charge in [-0.25, -0.2) is 0 Å². The zero-order chi connectivity index (χ0) is 23.4. The molecule has 0 atom stereocenters. The molecule has 172 valence electrons. The van der Waals surface area contributed by atoms with Crippen molar-refractivity contribution in [2.75, 3.05) is 26.2 Å². The first-order valence-corrected chi connectivity index (χ1v) is 11.2. The van der Waals surface area contributed by atoms with Crippen LogP contribution in [0.3, 0.4) is 0 Å². The number of allylic oxidation sites excluding steroid dienone is 2. The Balaban J connectivity index is 3.34. The minimum Gasteiger partial charge on any atom is -0.682 e. The highest BCUT2D eigenvalue weighted by molar-refractivity contribution is 6.25. The predicted octanol–water partition coefficient (Wildman–Crippen LogP) is 7.58. The van der Waals surface area contributed by atoms with Crippen molar-refractivity contribution in [2.45, 2.75) is 83.1 Å². The third-order valence-corrected chi connectivity index (χ3v) is 3.97. The second-order valence-corrected chi connectivity index (χ2v) is 13.3. The van der Waals surface area contributed by atoms with Crippen LogP contribution in [0.25, 0.3) is 10.6 Å². The standard InChI is InChI=1S/C26H46N4/c1-23(2,3)15-27-19-13-21(29-17-25(7,8)9)22(30-18-26(10,11)12)14-20(19)28-16-24(4,5)6/h13-14H,15-18H2,1-12H3/q-2. The van der Waals surface area contributed by atoms with E-state index in [0.717, 1.165) is 49.0 Å². The van der Waals surface area contributed by atoms with E-state index >= 15 is 0 Å². The van der Waals surface area contributed by atoms with Gasteiger partial charge in [-0.15, -0.1) is 24.5 Å². The van der Waals surface area contributed by atoms with E-state index in [9.17, 15) is 0 Å². The van der Waals surface area contributed by atoms with Gasteiger partial charge >= 0.3 is 0 Å². The summed E-state index contributed by atoms with van der Waals surface area (Å²) in [5.41, 5.74) is 4.21. The maximum Gasteiger partial charge on any atom is 0.0444 e. The summed E-state index contributed by atoms with van der Waals surface area (Å²) in [6.45, 7) is 29.5. The molecule has 0 N–H and O–H groups in total. The largest absolute Gasteiger partial charge is 0.682 e. The average molecular weight is 415 g/mol. The highest BCUT2D eigenvalue weighted by Gasteiger charge is 2.15. The van der Waals surface area contributed by atoms with Crippen molar-refractivity contribution < 1.29 is 0 Å². The van der Waals surface area contributed by atoms with Crippen molar-refractivity contribution in [3.8, 4) is 0 Å². The molecule has 0 aromatic heterocycles. The van der Waals surface area contributed by atoms with Crippen molar-refractivity contribution in [1.82, 2.24) is 0 Å². The number of nitrogens with zero attached hydrogens (tertiary/aromatic N) is 4. The smallest absolute Gasteiger partial charge is 0.0444 e. The van der Waals surface area contributed by atoms with Gasteiger partial charge in [-0.3, -0.25) is 9.98 Å². The molecule has 0 spiro atoms. The fourth-order valence-electron chi connectivity index (χ4n) is 2.35. The molecular weight excluding hydrogens is 368 g/mol. The van der Waals surface area contributed by atoms with E-state index in [2.05, 4.69) is 95.2 Å². The third kappa shape index (κ3) is 11.6. The van der Waals surface area contributed by atoms with Crippen LogP contribution in [0, 0.1) is 21.7 Å². The lowest BCUT2D eigenvalue weighted by atomic mass is 9.94. The van der Waals surface area contributed by atoms with E-state index in [1.807, 2.05) is 0 Å². The Morgan fingerprint density at radius 2 is 0.833 bits per heavy atom. The molecule has 0 saturated heterocycles. The van der Waals surface area contributed by atoms with Crippen molar-refractivity contribution in [2.24, 2.45) is 31.6 Å². The van der Waals surface area contributed by atoms with Gasteiger partial charge in [0.05, 0.1) is 0 Å². The van der Waals surface area contributed by atoms with E-state index in [1.54, 1.807) is 0 Å². The van der Waals surface area contributed by atoms with Crippen LogP contribution in [0.2, 0.25) is 0 Å². The summed E-state index contributed by atoms with van der Waals surface area (Å²) in [5, 5.41) is 9.88. The van der Waals surface area contributed by atoms with Gasteiger partial charge in [-0.05, 0) is 10.8 Å². The van der Waals surface area contributed by atoms with Gasteiger partial charge in [0.25, 0.3) is 0 Å². The molecule has 0 aromatic rings. The van der Waals surface area contributed by atoms with Crippen LogP contribution in [0.4, 0.5) is 0 Å². The number of rotatable bonds is 6. The van der Waals surface area contributed by atoms with E-state index in [4.69, 9.17) is 20.6 Å². The molecule has 4 nitrogen and oxygen atoms in total. The Hall–Kier alpha value is -1.58. The lowest BCUT2D eigenvalue weighted by Gasteiger charge is -2.39. The predicted molar refractivity (Wildman–Crippen MR) is 135 cm³/mol. The first-order valence-electron chi connectivity index (χ1n) is 11.2. The molecule has 0 bridgehead atoms. The van der Waals surface area contributed by atoms with Gasteiger partial charge < -0.3 is 10.6 Å². The number of aliphatic imine (C=N–C) groups is 2. The zero-order valence-corrected chi connectivity index (χ0v) is 21.8. The van der Waals surface area contributed by atoms with E-state index in [-0.39, 0.29) is 21.7 Å². The normalized spacial score (nSPS) is 19.1. The van der Waals surface area contributed by atoms with E-state index in [0.29, 0.717) is 0 Å². The molecule has 1 rings (SSSR count). The lowest BCUT2D eigenvalue weighted by Crippen LogP contribution is -2.21. The van der Waals surface area contributed by atoms with Crippen molar-refractivity contribution in [3.05, 3.63) is 34.2 Å². The summed E-state index contributed by atoms with van der Waals surface area (Å²) in [6.07, 6.45) is 4.20. The minimum absolute atomic E-state index is 0.124. The summed E-state index contributed by atoms with van der Waals surface area (Å²) in [4.78, 5) is 9.88. The zero-order valence-electron chi connectivity index (χ0n) is 21.8. The molecule has 0 radical (unpaired) electrons. The van der Waals surface area contributed by atoms with Crippen molar-refractivity contribution >= 4 is 11.4 Å². The molecule has 1 aliphatic rings. The van der Waals surface area contributed by atoms with E-state index < -0.39 is 0 Å². The fraction of sp³-hybridized carbons (Fsp3) is 0.769. The van der Waals surface area contributed by atoms with E-state index in [1.165, 1.54) is 0 Å². The highest BCUT2D eigenvalue weighted by atomic mass is 15.0. The minimum atomic E-state index is 0.124. The van der Waals surface area contributed by atoms with Crippen molar-refractivity contribution in [3.63, 3.8) is 0 Å². The topological polar surface area (TPSA) is 52.9 Å². The summed E-state index contributed by atoms with van der Waals surface area (Å²) in [5.74, 6) is 0. The lowest BCUT2D eigenvalue weighted by molar-refractivity contribution is 0.429. The van der Waals surface area contributed by atoms with Crippen LogP contribution >= 0.6 is 0 Å². The molecule has 0 aliphatic heterocycles. The summed E-state index contributed by atoms with van der Waals surface area (Å²) in [7, 11) is 0. The Morgan fingerprint density at radius 1 is 0.533 bits per heavy atom. The maximum absolute atomic E-state index is 4.94. The molecule has 0 saturated carbocycles. The Morgan fingerprint density at radius 3 is 1.07 bits per heavy atom. The Kier molecular flexibility index (Phi) is 8.55. The molecule has 4 heteroatoms. The van der Waals surface area contributed by atoms with Gasteiger partial charge in [0, 0.05) is 24.5 Å². The van der Waals surface area contributed by atoms with Crippen LogP contribution in [0.1, 0.15) is 83.1 Å². The van der Waals surface area contributed by atoms with Gasteiger partial charge in [0.1, 0.15) is 0 Å². The van der Waals surface area contributed by atoms with Crippen LogP contribution < -0.4 is 0 Å². The van der Waals surface area contributed by atoms with Crippen LogP contribution in [-0.2, 0) is 0 Å². The Labute approximate surface area is 186 Å². The van der Waals surface area contributed by atoms with Crippen molar-refractivity contribution in [1.29, 1.82) is 0 Å². The molecule has 1 aliphatic carbocycles. The fourth-order valence-corrected chi connectivity index (χ4v) is 2.35. The molecule has 0 aromatic carbocycles. The van der Waals surface area contributed by atoms with Gasteiger partial charge in [0.15, 0.2) is 0 Å². The molecule has 30 heavy (non-hydrogen) atoms. The molecule has 0 fully saturated rings. The van der Waals surface area contributed by atoms with Crippen LogP contribution in [0.15, 0.2) is 33.5 Å². The average Bonchev–Trinajstić information content (AvgIpc) is 2.52. The molecule has 0 unspecified atom stereocenters. The second kappa shape index (κ2) is 9.70. The number of hydrogen-bond donors (Lipinski definition) is 0. The first-order chi connectivity index (χ1) is 13.3. The summed E-state index contributed by atoms with van der Waals surface area (Å²) >= 11 is 0. The monoisotopic (exact) mass is 414 g/mol. The second-order valence-electron chi connectivity index (χ2n) is 13.3. The first kappa shape index (κ1) is 26.5. The molecule has 0 heterocycles.